The molecule has 1 aromatic carbocycles. The number of benzene rings is 1. The van der Waals surface area contributed by atoms with E-state index in [4.69, 9.17) is 0 Å². The van der Waals surface area contributed by atoms with Crippen molar-refractivity contribution in [3.05, 3.63) is 72.6 Å². The Bertz CT molecular complexity index is 771. The summed E-state index contributed by atoms with van der Waals surface area (Å²) >= 11 is 0. The van der Waals surface area contributed by atoms with E-state index < -0.39 is 11.9 Å². The van der Waals surface area contributed by atoms with Crippen molar-refractivity contribution in [2.75, 3.05) is 5.32 Å². The Morgan fingerprint density at radius 3 is 2.81 bits per heavy atom. The molecule has 0 atom stereocenters. The van der Waals surface area contributed by atoms with Gasteiger partial charge < -0.3 is 5.32 Å². The lowest BCUT2D eigenvalue weighted by molar-refractivity contribution is 0.102. The van der Waals surface area contributed by atoms with Crippen molar-refractivity contribution < 1.29 is 9.18 Å². The van der Waals surface area contributed by atoms with Crippen LogP contribution in [-0.2, 0) is 0 Å². The number of hydrogen-bond acceptors (Lipinski definition) is 3. The number of amides is 1. The lowest BCUT2D eigenvalue weighted by Crippen LogP contribution is -2.12. The highest BCUT2D eigenvalue weighted by atomic mass is 19.1. The number of pyridine rings is 1. The number of nitrogens with zero attached hydrogens (tertiary/aromatic N) is 3. The van der Waals surface area contributed by atoms with E-state index in [0.717, 1.165) is 11.8 Å². The summed E-state index contributed by atoms with van der Waals surface area (Å²) in [7, 11) is 0. The van der Waals surface area contributed by atoms with Gasteiger partial charge in [-0.25, -0.2) is 9.67 Å². The molecule has 2 heterocycles. The van der Waals surface area contributed by atoms with Gasteiger partial charge in [-0.2, -0.15) is 9.49 Å². The summed E-state index contributed by atoms with van der Waals surface area (Å²) in [5.41, 5.74) is 1.64. The Kier molecular flexibility index (Phi) is 3.42. The van der Waals surface area contributed by atoms with Crippen molar-refractivity contribution in [2.45, 2.75) is 0 Å². The fourth-order valence-corrected chi connectivity index (χ4v) is 1.89. The van der Waals surface area contributed by atoms with Gasteiger partial charge in [0.15, 0.2) is 0 Å². The first-order valence-electron chi connectivity index (χ1n) is 6.25. The van der Waals surface area contributed by atoms with Crippen LogP contribution in [0.3, 0.4) is 0 Å². The van der Waals surface area contributed by atoms with Gasteiger partial charge in [0.25, 0.3) is 5.91 Å². The number of anilines is 1. The van der Waals surface area contributed by atoms with Crippen LogP contribution in [0.5, 0.6) is 0 Å². The first kappa shape index (κ1) is 13.0. The number of carbonyl (C=O) groups excluding carboxylic acids is 1. The average Bonchev–Trinajstić information content (AvgIpc) is 3.02. The van der Waals surface area contributed by atoms with E-state index in [9.17, 15) is 9.18 Å². The molecule has 2 aromatic heterocycles. The lowest BCUT2D eigenvalue weighted by atomic mass is 10.2. The van der Waals surface area contributed by atoms with Gasteiger partial charge >= 0.3 is 0 Å². The maximum atomic E-state index is 13.0. The van der Waals surface area contributed by atoms with E-state index in [1.165, 1.54) is 12.3 Å². The Hall–Kier alpha value is -3.02. The Morgan fingerprint density at radius 2 is 2.05 bits per heavy atom. The third-order valence-electron chi connectivity index (χ3n) is 2.86. The van der Waals surface area contributed by atoms with Crippen LogP contribution in [0.1, 0.15) is 10.4 Å². The monoisotopic (exact) mass is 282 g/mol. The summed E-state index contributed by atoms with van der Waals surface area (Å²) in [5, 5.41) is 6.84. The van der Waals surface area contributed by atoms with Gasteiger partial charge in [0.2, 0.25) is 5.95 Å². The third-order valence-corrected chi connectivity index (χ3v) is 2.86. The highest BCUT2D eigenvalue weighted by Crippen LogP contribution is 2.15. The molecule has 0 saturated heterocycles. The minimum Gasteiger partial charge on any atom is -0.322 e. The molecule has 0 saturated carbocycles. The summed E-state index contributed by atoms with van der Waals surface area (Å²) in [4.78, 5) is 15.5. The smallest absolute Gasteiger partial charge is 0.255 e. The molecule has 3 aromatic rings. The van der Waals surface area contributed by atoms with E-state index in [0.29, 0.717) is 5.69 Å². The standard InChI is InChI=1S/C15H11FN4O/c16-14-9-11(5-7-17-14)15(21)19-12-3-1-4-13(10-12)20-8-2-6-18-20/h1-10H,(H,19,21). The van der Waals surface area contributed by atoms with Gasteiger partial charge in [-0.1, -0.05) is 6.07 Å². The molecule has 0 radical (unpaired) electrons. The van der Waals surface area contributed by atoms with E-state index in [2.05, 4.69) is 15.4 Å². The molecular formula is C15H11FN4O. The van der Waals surface area contributed by atoms with E-state index in [1.807, 2.05) is 12.1 Å². The highest BCUT2D eigenvalue weighted by Gasteiger charge is 2.08. The van der Waals surface area contributed by atoms with Gasteiger partial charge in [-0.15, -0.1) is 0 Å². The summed E-state index contributed by atoms with van der Waals surface area (Å²) in [6.07, 6.45) is 4.73. The quantitative estimate of drug-likeness (QED) is 0.751. The SMILES string of the molecule is O=C(Nc1cccc(-n2cccn2)c1)c1ccnc(F)c1. The van der Waals surface area contributed by atoms with Crippen molar-refractivity contribution >= 4 is 11.6 Å². The molecule has 6 heteroatoms. The molecule has 1 N–H and O–H groups in total. The zero-order valence-corrected chi connectivity index (χ0v) is 10.9. The van der Waals surface area contributed by atoms with Crippen LogP contribution in [0, 0.1) is 5.95 Å². The van der Waals surface area contributed by atoms with Crippen LogP contribution in [0.15, 0.2) is 61.1 Å². The van der Waals surface area contributed by atoms with Crippen LogP contribution in [-0.4, -0.2) is 20.7 Å². The summed E-state index contributed by atoms with van der Waals surface area (Å²) in [5.74, 6) is -1.08. The minimum absolute atomic E-state index is 0.215. The zero-order valence-electron chi connectivity index (χ0n) is 10.9. The number of halogens is 1. The largest absolute Gasteiger partial charge is 0.322 e. The molecule has 21 heavy (non-hydrogen) atoms. The van der Waals surface area contributed by atoms with Crippen LogP contribution < -0.4 is 5.32 Å². The second-order valence-electron chi connectivity index (χ2n) is 4.32. The van der Waals surface area contributed by atoms with E-state index in [1.54, 1.807) is 35.3 Å². The van der Waals surface area contributed by atoms with Crippen LogP contribution in [0.2, 0.25) is 0 Å². The van der Waals surface area contributed by atoms with E-state index >= 15 is 0 Å². The molecule has 1 amide bonds. The summed E-state index contributed by atoms with van der Waals surface area (Å²) in [6, 6.07) is 11.6. The fourth-order valence-electron chi connectivity index (χ4n) is 1.89. The molecule has 0 fully saturated rings. The van der Waals surface area contributed by atoms with Gasteiger partial charge in [-0.3, -0.25) is 4.79 Å². The normalized spacial score (nSPS) is 10.3. The van der Waals surface area contributed by atoms with Crippen molar-refractivity contribution in [3.63, 3.8) is 0 Å². The molecule has 0 aliphatic carbocycles. The second-order valence-corrected chi connectivity index (χ2v) is 4.32. The molecule has 0 bridgehead atoms. The maximum absolute atomic E-state index is 13.0. The predicted molar refractivity (Wildman–Crippen MR) is 75.7 cm³/mol. The van der Waals surface area contributed by atoms with Gasteiger partial charge in [0.05, 0.1) is 5.69 Å². The molecular weight excluding hydrogens is 271 g/mol. The highest BCUT2D eigenvalue weighted by molar-refractivity contribution is 6.04. The number of nitrogens with one attached hydrogen (secondary N) is 1. The maximum Gasteiger partial charge on any atom is 0.255 e. The van der Waals surface area contributed by atoms with Crippen molar-refractivity contribution in [2.24, 2.45) is 0 Å². The molecule has 0 aliphatic rings. The van der Waals surface area contributed by atoms with Crippen molar-refractivity contribution in [1.82, 2.24) is 14.8 Å². The Morgan fingerprint density at radius 1 is 1.14 bits per heavy atom. The lowest BCUT2D eigenvalue weighted by Gasteiger charge is -2.07. The van der Waals surface area contributed by atoms with Crippen LogP contribution in [0.25, 0.3) is 5.69 Å². The molecule has 5 nitrogen and oxygen atoms in total. The number of rotatable bonds is 3. The van der Waals surface area contributed by atoms with Gasteiger partial charge in [-0.05, 0) is 30.3 Å². The summed E-state index contributed by atoms with van der Waals surface area (Å²) in [6.45, 7) is 0. The number of hydrogen-bond donors (Lipinski definition) is 1. The number of aromatic nitrogens is 3. The predicted octanol–water partition coefficient (Wildman–Crippen LogP) is 2.66. The first-order chi connectivity index (χ1) is 10.2. The fraction of sp³-hybridized carbons (Fsp3) is 0. The summed E-state index contributed by atoms with van der Waals surface area (Å²) < 4.78 is 14.7. The minimum atomic E-state index is -0.687. The van der Waals surface area contributed by atoms with E-state index in [-0.39, 0.29) is 5.56 Å². The van der Waals surface area contributed by atoms with Gasteiger partial charge in [0.1, 0.15) is 0 Å². The Labute approximate surface area is 120 Å². The van der Waals surface area contributed by atoms with Crippen molar-refractivity contribution in [3.8, 4) is 5.69 Å². The average molecular weight is 282 g/mol. The zero-order chi connectivity index (χ0) is 14.7. The molecule has 3 rings (SSSR count). The van der Waals surface area contributed by atoms with Crippen LogP contribution >= 0.6 is 0 Å². The second kappa shape index (κ2) is 5.54. The third kappa shape index (κ3) is 2.94. The van der Waals surface area contributed by atoms with Gasteiger partial charge in [0, 0.05) is 35.9 Å². The molecule has 0 unspecified atom stereocenters. The molecule has 0 spiro atoms. The topological polar surface area (TPSA) is 59.8 Å². The molecule has 0 aliphatic heterocycles. The molecule has 104 valence electrons. The van der Waals surface area contributed by atoms with Crippen LogP contribution in [0.4, 0.5) is 10.1 Å². The van der Waals surface area contributed by atoms with Crippen molar-refractivity contribution in [1.29, 1.82) is 0 Å². The number of carbonyl (C=O) groups is 1. The first-order valence-corrected chi connectivity index (χ1v) is 6.25. The Balaban J connectivity index is 1.82.